The lowest BCUT2D eigenvalue weighted by Crippen LogP contribution is -2.37. The Bertz CT molecular complexity index is 2350. The summed E-state index contributed by atoms with van der Waals surface area (Å²) in [5, 5.41) is 11.9. The average Bonchev–Trinajstić information content (AvgIpc) is 3.06. The summed E-state index contributed by atoms with van der Waals surface area (Å²) in [5.41, 5.74) is 7.67. The van der Waals surface area contributed by atoms with Gasteiger partial charge in [-0.2, -0.15) is 0 Å². The Morgan fingerprint density at radius 2 is 0.909 bits per heavy atom. The van der Waals surface area contributed by atoms with E-state index in [2.05, 4.69) is 171 Å². The molecule has 44 heavy (non-hydrogen) atoms. The van der Waals surface area contributed by atoms with Crippen molar-refractivity contribution in [2.75, 3.05) is 0 Å². The molecule has 0 N–H and O–H groups in total. The van der Waals surface area contributed by atoms with Crippen LogP contribution in [0.15, 0.2) is 152 Å². The second kappa shape index (κ2) is 10.3. The first-order valence-electron chi connectivity index (χ1n) is 15.5. The van der Waals surface area contributed by atoms with Crippen molar-refractivity contribution in [3.05, 3.63) is 152 Å². The molecule has 0 radical (unpaired) electrons. The quantitative estimate of drug-likeness (QED) is 0.144. The normalized spacial score (nSPS) is 12.0. The average molecular weight is 579 g/mol. The van der Waals surface area contributed by atoms with Crippen LogP contribution in [0.25, 0.3) is 76.5 Å². The molecule has 8 rings (SSSR count). The Hall–Kier alpha value is -4.98. The molecule has 1 heteroatoms. The van der Waals surface area contributed by atoms with E-state index in [-0.39, 0.29) is 0 Å². The van der Waals surface area contributed by atoms with Crippen molar-refractivity contribution >= 4 is 56.4 Å². The number of benzene rings is 8. The van der Waals surface area contributed by atoms with Gasteiger partial charge in [0, 0.05) is 0 Å². The minimum atomic E-state index is -1.52. The predicted molar refractivity (Wildman–Crippen MR) is 196 cm³/mol. The Morgan fingerprint density at radius 3 is 1.70 bits per heavy atom. The zero-order valence-electron chi connectivity index (χ0n) is 25.4. The molecule has 0 bridgehead atoms. The van der Waals surface area contributed by atoms with Crippen LogP contribution in [-0.2, 0) is 0 Å². The molecule has 0 fully saturated rings. The Labute approximate surface area is 260 Å². The SMILES string of the molecule is C[Si](C)(C)c1cccc2c(-c3ccc4c(-c5ccccc5)c5ccccc5c(-c5cccc6ccccc56)c4c3)cccc12. The molecule has 0 aliphatic carbocycles. The molecule has 0 aromatic heterocycles. The van der Waals surface area contributed by atoms with Gasteiger partial charge in [-0.1, -0.05) is 170 Å². The molecule has 0 aliphatic rings. The fraction of sp³-hybridized carbons (Fsp3) is 0.0698. The van der Waals surface area contributed by atoms with E-state index < -0.39 is 8.07 Å². The molecule has 0 heterocycles. The van der Waals surface area contributed by atoms with Crippen LogP contribution in [0.3, 0.4) is 0 Å². The van der Waals surface area contributed by atoms with Crippen molar-refractivity contribution in [3.63, 3.8) is 0 Å². The van der Waals surface area contributed by atoms with Gasteiger partial charge in [0.05, 0.1) is 8.07 Å². The first kappa shape index (κ1) is 26.6. The summed E-state index contributed by atoms with van der Waals surface area (Å²) in [5.74, 6) is 0. The highest BCUT2D eigenvalue weighted by Crippen LogP contribution is 2.46. The zero-order chi connectivity index (χ0) is 29.8. The largest absolute Gasteiger partial charge is 0.0784 e. The van der Waals surface area contributed by atoms with Crippen molar-refractivity contribution in [3.8, 4) is 33.4 Å². The number of hydrogen-bond donors (Lipinski definition) is 0. The Morgan fingerprint density at radius 1 is 0.341 bits per heavy atom. The summed E-state index contributed by atoms with van der Waals surface area (Å²) in [6, 6.07) is 56.3. The van der Waals surface area contributed by atoms with Crippen molar-refractivity contribution < 1.29 is 0 Å². The number of fused-ring (bicyclic) bond motifs is 4. The van der Waals surface area contributed by atoms with Gasteiger partial charge in [0.1, 0.15) is 0 Å². The molecule has 0 spiro atoms. The van der Waals surface area contributed by atoms with E-state index in [1.165, 1.54) is 81.7 Å². The van der Waals surface area contributed by atoms with Crippen molar-refractivity contribution in [1.82, 2.24) is 0 Å². The van der Waals surface area contributed by atoms with Crippen molar-refractivity contribution in [1.29, 1.82) is 0 Å². The van der Waals surface area contributed by atoms with Gasteiger partial charge in [-0.3, -0.25) is 0 Å². The highest BCUT2D eigenvalue weighted by Gasteiger charge is 2.21. The Kier molecular flexibility index (Phi) is 6.25. The third kappa shape index (κ3) is 4.27. The van der Waals surface area contributed by atoms with Crippen LogP contribution in [0, 0.1) is 0 Å². The molecular formula is C43H34Si. The van der Waals surface area contributed by atoms with Gasteiger partial charge in [0.25, 0.3) is 0 Å². The predicted octanol–water partition coefficient (Wildman–Crippen LogP) is 11.8. The van der Waals surface area contributed by atoms with E-state index in [1.54, 1.807) is 0 Å². The summed E-state index contributed by atoms with van der Waals surface area (Å²) in [4.78, 5) is 0. The third-order valence-corrected chi connectivity index (χ3v) is 11.2. The van der Waals surface area contributed by atoms with E-state index in [4.69, 9.17) is 0 Å². The first-order chi connectivity index (χ1) is 21.5. The van der Waals surface area contributed by atoms with Crippen LogP contribution >= 0.6 is 0 Å². The minimum absolute atomic E-state index is 1.25. The highest BCUT2D eigenvalue weighted by atomic mass is 28.3. The van der Waals surface area contributed by atoms with Crippen molar-refractivity contribution in [2.45, 2.75) is 19.6 Å². The van der Waals surface area contributed by atoms with Gasteiger partial charge in [-0.05, 0) is 82.5 Å². The highest BCUT2D eigenvalue weighted by molar-refractivity contribution is 6.90. The van der Waals surface area contributed by atoms with Crippen LogP contribution in [-0.4, -0.2) is 8.07 Å². The lowest BCUT2D eigenvalue weighted by atomic mass is 9.83. The van der Waals surface area contributed by atoms with Crippen LogP contribution in [0.1, 0.15) is 0 Å². The zero-order valence-corrected chi connectivity index (χ0v) is 26.4. The van der Waals surface area contributed by atoms with Gasteiger partial charge in [0.2, 0.25) is 0 Å². The van der Waals surface area contributed by atoms with Crippen LogP contribution < -0.4 is 5.19 Å². The molecule has 210 valence electrons. The summed E-state index contributed by atoms with van der Waals surface area (Å²) >= 11 is 0. The summed E-state index contributed by atoms with van der Waals surface area (Å²) in [7, 11) is -1.52. The van der Waals surface area contributed by atoms with Gasteiger partial charge < -0.3 is 0 Å². The standard InChI is InChI=1S/C43H34Si/c1-44(2,3)41-25-13-22-34-33(21-12-23-35(34)41)31-26-27-39-40(28-31)43(36-24-11-17-29-14-7-8-18-32(29)36)38-20-10-9-19-37(38)42(39)30-15-5-4-6-16-30/h4-28H,1-3H3. The maximum atomic E-state index is 2.46. The maximum Gasteiger partial charge on any atom is 0.0784 e. The van der Waals surface area contributed by atoms with Crippen LogP contribution in [0.5, 0.6) is 0 Å². The molecule has 8 aromatic rings. The molecule has 0 saturated heterocycles. The van der Waals surface area contributed by atoms with E-state index in [0.29, 0.717) is 0 Å². The lowest BCUT2D eigenvalue weighted by molar-refractivity contribution is 1.65. The smallest absolute Gasteiger partial charge is 0.0656 e. The number of hydrogen-bond acceptors (Lipinski definition) is 0. The lowest BCUT2D eigenvalue weighted by Gasteiger charge is -2.21. The minimum Gasteiger partial charge on any atom is -0.0656 e. The molecule has 0 unspecified atom stereocenters. The molecular weight excluding hydrogens is 545 g/mol. The monoisotopic (exact) mass is 578 g/mol. The van der Waals surface area contributed by atoms with E-state index in [1.807, 2.05) is 0 Å². The molecule has 0 aliphatic heterocycles. The van der Waals surface area contributed by atoms with Gasteiger partial charge in [-0.15, -0.1) is 0 Å². The summed E-state index contributed by atoms with van der Waals surface area (Å²) < 4.78 is 0. The van der Waals surface area contributed by atoms with Crippen LogP contribution in [0.4, 0.5) is 0 Å². The molecule has 0 amide bonds. The fourth-order valence-corrected chi connectivity index (χ4v) is 8.83. The first-order valence-corrected chi connectivity index (χ1v) is 19.0. The maximum absolute atomic E-state index is 2.46. The van der Waals surface area contributed by atoms with E-state index >= 15 is 0 Å². The molecule has 8 aromatic carbocycles. The van der Waals surface area contributed by atoms with Gasteiger partial charge in [-0.25, -0.2) is 0 Å². The second-order valence-corrected chi connectivity index (χ2v) is 17.9. The van der Waals surface area contributed by atoms with Gasteiger partial charge in [0.15, 0.2) is 0 Å². The van der Waals surface area contributed by atoms with E-state index in [9.17, 15) is 0 Å². The number of rotatable bonds is 4. The Balaban J connectivity index is 1.52. The second-order valence-electron chi connectivity index (χ2n) is 12.9. The van der Waals surface area contributed by atoms with Crippen LogP contribution in [0.2, 0.25) is 19.6 Å². The molecule has 0 saturated carbocycles. The molecule has 0 nitrogen and oxygen atoms in total. The topological polar surface area (TPSA) is 0 Å². The summed E-state index contributed by atoms with van der Waals surface area (Å²) in [6.45, 7) is 7.32. The third-order valence-electron chi connectivity index (χ3n) is 9.19. The fourth-order valence-electron chi connectivity index (χ4n) is 7.21. The van der Waals surface area contributed by atoms with Gasteiger partial charge >= 0.3 is 0 Å². The summed E-state index contributed by atoms with van der Waals surface area (Å²) in [6.07, 6.45) is 0. The van der Waals surface area contributed by atoms with E-state index in [0.717, 1.165) is 0 Å². The van der Waals surface area contributed by atoms with Crippen molar-refractivity contribution in [2.24, 2.45) is 0 Å². The molecule has 0 atom stereocenters.